The van der Waals surface area contributed by atoms with Gasteiger partial charge < -0.3 is 36.0 Å². The van der Waals surface area contributed by atoms with Gasteiger partial charge in [0.1, 0.15) is 6.04 Å². The Labute approximate surface area is 203 Å². The van der Waals surface area contributed by atoms with Crippen molar-refractivity contribution >= 4 is 23.8 Å². The molecule has 202 valence electrons. The molecule has 2 atom stereocenters. The number of carbonyl (C=O) groups is 4. The van der Waals surface area contributed by atoms with Crippen LogP contribution in [0.4, 0.5) is 0 Å². The normalized spacial score (nSPS) is 20.7. The fraction of sp³-hybridized carbons (Fsp3) is 0.800. The van der Waals surface area contributed by atoms with Crippen molar-refractivity contribution in [2.24, 2.45) is 0 Å². The number of nitrogens with one attached hydrogen (secondary N) is 1. The number of aliphatic hydroxyl groups excluding tert-OH is 2. The molecule has 0 aromatic carbocycles. The molecule has 0 aliphatic carbocycles. The minimum absolute atomic E-state index is 0.118. The molecule has 1 aliphatic rings. The van der Waals surface area contributed by atoms with Crippen LogP contribution in [0.2, 0.25) is 0 Å². The summed E-state index contributed by atoms with van der Waals surface area (Å²) in [4.78, 5) is 53.0. The Hall–Kier alpha value is -2.40. The Morgan fingerprint density at radius 2 is 1.09 bits per heavy atom. The standard InChI is InChI=1S/C20H37N5O10/c1-20(35,14-27)21-19(34)15(13-26)25-8-6-23(11-17(30)31)4-2-22(10-16(28)29)3-5-24(7-9-25)12-18(32)33/h15,26-27,35H,2-14H2,1H3,(H,21,34)(H,28,29)(H,30,31)(H,32,33). The maximum absolute atomic E-state index is 12.7. The lowest BCUT2D eigenvalue weighted by atomic mass is 10.2. The summed E-state index contributed by atoms with van der Waals surface area (Å²) in [5.74, 6) is -4.00. The van der Waals surface area contributed by atoms with Gasteiger partial charge in [0.15, 0.2) is 5.72 Å². The van der Waals surface area contributed by atoms with E-state index in [1.165, 1.54) is 6.92 Å². The number of hydrogen-bond donors (Lipinski definition) is 7. The summed E-state index contributed by atoms with van der Waals surface area (Å²) in [7, 11) is 0. The van der Waals surface area contributed by atoms with Gasteiger partial charge in [-0.3, -0.25) is 38.8 Å². The monoisotopic (exact) mass is 507 g/mol. The van der Waals surface area contributed by atoms with Crippen molar-refractivity contribution in [1.29, 1.82) is 0 Å². The molecule has 0 saturated carbocycles. The van der Waals surface area contributed by atoms with Gasteiger partial charge in [-0.05, 0) is 6.92 Å². The molecule has 7 N–H and O–H groups in total. The topological polar surface area (TPSA) is 215 Å². The number of carboxylic acid groups (broad SMARTS) is 3. The van der Waals surface area contributed by atoms with E-state index in [2.05, 4.69) is 5.32 Å². The molecule has 15 heteroatoms. The highest BCUT2D eigenvalue weighted by atomic mass is 16.4. The number of nitrogens with zero attached hydrogens (tertiary/aromatic N) is 4. The predicted molar refractivity (Wildman–Crippen MR) is 121 cm³/mol. The molecule has 1 fully saturated rings. The summed E-state index contributed by atoms with van der Waals surface area (Å²) in [6.07, 6.45) is 0. The molecule has 1 amide bonds. The van der Waals surface area contributed by atoms with Gasteiger partial charge in [-0.1, -0.05) is 0 Å². The van der Waals surface area contributed by atoms with E-state index in [0.717, 1.165) is 0 Å². The van der Waals surface area contributed by atoms with E-state index in [1.807, 2.05) is 0 Å². The van der Waals surface area contributed by atoms with Crippen molar-refractivity contribution in [3.63, 3.8) is 0 Å². The smallest absolute Gasteiger partial charge is 0.317 e. The van der Waals surface area contributed by atoms with E-state index in [-0.39, 0.29) is 72.0 Å². The van der Waals surface area contributed by atoms with Gasteiger partial charge >= 0.3 is 17.9 Å². The van der Waals surface area contributed by atoms with Crippen LogP contribution in [-0.2, 0) is 19.2 Å². The third-order valence-corrected chi connectivity index (χ3v) is 5.57. The number of aliphatic hydroxyl groups is 3. The number of carboxylic acids is 3. The van der Waals surface area contributed by atoms with E-state index in [0.29, 0.717) is 0 Å². The van der Waals surface area contributed by atoms with Gasteiger partial charge in [-0.15, -0.1) is 0 Å². The second-order valence-electron chi connectivity index (χ2n) is 8.67. The quantitative estimate of drug-likeness (QED) is 0.132. The van der Waals surface area contributed by atoms with Gasteiger partial charge in [0.25, 0.3) is 0 Å². The Bertz CT molecular complexity index is 690. The predicted octanol–water partition coefficient (Wildman–Crippen LogP) is -4.36. The van der Waals surface area contributed by atoms with E-state index in [1.54, 1.807) is 19.6 Å². The molecule has 1 heterocycles. The number of carbonyl (C=O) groups excluding carboxylic acids is 1. The summed E-state index contributed by atoms with van der Waals surface area (Å²) in [5.41, 5.74) is -1.92. The van der Waals surface area contributed by atoms with Gasteiger partial charge in [0.2, 0.25) is 5.91 Å². The summed E-state index contributed by atoms with van der Waals surface area (Å²) in [5, 5.41) is 59.1. The van der Waals surface area contributed by atoms with Crippen LogP contribution in [0.15, 0.2) is 0 Å². The minimum Gasteiger partial charge on any atom is -0.480 e. The van der Waals surface area contributed by atoms with Crippen molar-refractivity contribution in [3.8, 4) is 0 Å². The first-order valence-corrected chi connectivity index (χ1v) is 11.2. The maximum Gasteiger partial charge on any atom is 0.317 e. The summed E-state index contributed by atoms with van der Waals surface area (Å²) >= 11 is 0. The van der Waals surface area contributed by atoms with Crippen LogP contribution in [0, 0.1) is 0 Å². The lowest BCUT2D eigenvalue weighted by Gasteiger charge is -2.36. The molecule has 0 aromatic heterocycles. The number of rotatable bonds is 11. The van der Waals surface area contributed by atoms with Crippen molar-refractivity contribution in [2.45, 2.75) is 18.7 Å². The van der Waals surface area contributed by atoms with E-state index in [4.69, 9.17) is 0 Å². The first kappa shape index (κ1) is 30.6. The van der Waals surface area contributed by atoms with E-state index < -0.39 is 48.8 Å². The van der Waals surface area contributed by atoms with Gasteiger partial charge in [0, 0.05) is 52.4 Å². The summed E-state index contributed by atoms with van der Waals surface area (Å²) in [6, 6.07) is -1.15. The zero-order valence-electron chi connectivity index (χ0n) is 19.9. The third kappa shape index (κ3) is 12.2. The Morgan fingerprint density at radius 1 is 0.743 bits per heavy atom. The van der Waals surface area contributed by atoms with Crippen molar-refractivity contribution in [1.82, 2.24) is 24.9 Å². The second-order valence-corrected chi connectivity index (χ2v) is 8.67. The molecule has 0 bridgehead atoms. The fourth-order valence-corrected chi connectivity index (χ4v) is 3.66. The SMILES string of the molecule is CC(O)(CO)NC(=O)C(CO)N1CCN(CC(=O)O)CCN(CC(=O)O)CCN(CC(=O)O)CC1. The van der Waals surface area contributed by atoms with E-state index >= 15 is 0 Å². The molecule has 1 saturated heterocycles. The molecular formula is C20H37N5O10. The molecule has 0 aromatic rings. The highest BCUT2D eigenvalue weighted by molar-refractivity contribution is 5.82. The van der Waals surface area contributed by atoms with Crippen LogP contribution in [0.25, 0.3) is 0 Å². The Morgan fingerprint density at radius 3 is 1.37 bits per heavy atom. The zero-order valence-corrected chi connectivity index (χ0v) is 19.9. The summed E-state index contributed by atoms with van der Waals surface area (Å²) < 4.78 is 0. The number of hydrogen-bond acceptors (Lipinski definition) is 11. The Kier molecular flexibility index (Phi) is 13.0. The lowest BCUT2D eigenvalue weighted by Crippen LogP contribution is -2.59. The molecular weight excluding hydrogens is 470 g/mol. The molecule has 1 rings (SSSR count). The molecule has 1 aliphatic heterocycles. The number of aliphatic carboxylic acids is 3. The van der Waals surface area contributed by atoms with Crippen molar-refractivity contribution < 1.29 is 49.8 Å². The second kappa shape index (κ2) is 14.9. The van der Waals surface area contributed by atoms with Crippen LogP contribution < -0.4 is 5.32 Å². The molecule has 15 nitrogen and oxygen atoms in total. The maximum atomic E-state index is 12.7. The molecule has 35 heavy (non-hydrogen) atoms. The van der Waals surface area contributed by atoms with Crippen LogP contribution in [-0.4, -0.2) is 171 Å². The third-order valence-electron chi connectivity index (χ3n) is 5.57. The van der Waals surface area contributed by atoms with Crippen LogP contribution in [0.5, 0.6) is 0 Å². The van der Waals surface area contributed by atoms with Crippen LogP contribution in [0.1, 0.15) is 6.92 Å². The average Bonchev–Trinajstić information content (AvgIpc) is 2.74. The zero-order chi connectivity index (χ0) is 26.6. The van der Waals surface area contributed by atoms with Crippen molar-refractivity contribution in [2.75, 3.05) is 85.2 Å². The summed E-state index contributed by atoms with van der Waals surface area (Å²) in [6.45, 7) is 0.271. The average molecular weight is 508 g/mol. The van der Waals surface area contributed by atoms with Crippen molar-refractivity contribution in [3.05, 3.63) is 0 Å². The van der Waals surface area contributed by atoms with Crippen LogP contribution in [0.3, 0.4) is 0 Å². The van der Waals surface area contributed by atoms with Gasteiger partial charge in [-0.2, -0.15) is 0 Å². The minimum atomic E-state index is -1.92. The fourth-order valence-electron chi connectivity index (χ4n) is 3.66. The van der Waals surface area contributed by atoms with Gasteiger partial charge in [0.05, 0.1) is 32.8 Å². The highest BCUT2D eigenvalue weighted by Crippen LogP contribution is 2.07. The molecule has 0 radical (unpaired) electrons. The van der Waals surface area contributed by atoms with Crippen LogP contribution >= 0.6 is 0 Å². The van der Waals surface area contributed by atoms with Gasteiger partial charge in [-0.25, -0.2) is 0 Å². The highest BCUT2D eigenvalue weighted by Gasteiger charge is 2.31. The Balaban J connectivity index is 3.15. The number of amides is 1. The molecule has 2 unspecified atom stereocenters. The first-order valence-electron chi connectivity index (χ1n) is 11.2. The van der Waals surface area contributed by atoms with E-state index in [9.17, 15) is 49.8 Å². The largest absolute Gasteiger partial charge is 0.480 e. The molecule has 0 spiro atoms. The lowest BCUT2D eigenvalue weighted by molar-refractivity contribution is -0.141. The first-order chi connectivity index (χ1) is 16.4.